The number of aliphatic hydroxyl groups is 1. The first-order valence-electron chi connectivity index (χ1n) is 10.8. The van der Waals surface area contributed by atoms with Crippen LogP contribution in [0.2, 0.25) is 0 Å². The SMILES string of the molecule is CNc1cc(-c2cn([C@H]3CC3(F)F)c3ncccc23)nc2c(C(=O)NC3COC[C@@H]3O)cnn12. The number of carbonyl (C=O) groups is 1. The fourth-order valence-electron chi connectivity index (χ4n) is 4.39. The van der Waals surface area contributed by atoms with Gasteiger partial charge in [-0.2, -0.15) is 9.61 Å². The molecule has 12 heteroatoms. The maximum Gasteiger partial charge on any atom is 0.270 e. The molecule has 3 N–H and O–H groups in total. The molecule has 6 rings (SSSR count). The van der Waals surface area contributed by atoms with Crippen LogP contribution in [0.5, 0.6) is 0 Å². The topological polar surface area (TPSA) is 119 Å². The standard InChI is InChI=1S/C22H21F2N7O3/c1-25-18-5-14(13-8-30(17-6-22(17,23)24)19-11(13)3-2-4-26-19)28-20-12(7-27-31(18)20)21(33)29-15-9-34-10-16(15)32/h2-5,7-8,15-17,25,32H,6,9-10H2,1H3,(H,29,33)/t15?,16-,17-/m0/s1. The van der Waals surface area contributed by atoms with Crippen molar-refractivity contribution in [3.05, 3.63) is 42.4 Å². The minimum atomic E-state index is -2.76. The van der Waals surface area contributed by atoms with Crippen LogP contribution in [0, 0.1) is 0 Å². The van der Waals surface area contributed by atoms with E-state index in [1.165, 1.54) is 15.3 Å². The highest BCUT2D eigenvalue weighted by Crippen LogP contribution is 2.54. The van der Waals surface area contributed by atoms with Crippen LogP contribution < -0.4 is 10.6 Å². The Balaban J connectivity index is 1.47. The molecule has 176 valence electrons. The van der Waals surface area contributed by atoms with E-state index >= 15 is 0 Å². The van der Waals surface area contributed by atoms with Crippen molar-refractivity contribution in [2.75, 3.05) is 25.6 Å². The van der Waals surface area contributed by atoms with Crippen molar-refractivity contribution in [1.82, 2.24) is 29.5 Å². The van der Waals surface area contributed by atoms with Crippen LogP contribution in [0.1, 0.15) is 22.8 Å². The fraction of sp³-hybridized carbons (Fsp3) is 0.364. The lowest BCUT2D eigenvalue weighted by atomic mass is 10.1. The number of rotatable bonds is 5. The molecule has 0 bridgehead atoms. The molecule has 5 heterocycles. The lowest BCUT2D eigenvalue weighted by Crippen LogP contribution is -2.42. The van der Waals surface area contributed by atoms with Crippen LogP contribution in [0.25, 0.3) is 27.9 Å². The largest absolute Gasteiger partial charge is 0.388 e. The highest BCUT2D eigenvalue weighted by atomic mass is 19.3. The smallest absolute Gasteiger partial charge is 0.270 e. The Labute approximate surface area is 191 Å². The Bertz CT molecular complexity index is 1430. The molecule has 0 radical (unpaired) electrons. The molecule has 1 amide bonds. The van der Waals surface area contributed by atoms with Crippen molar-refractivity contribution in [2.24, 2.45) is 0 Å². The Morgan fingerprint density at radius 3 is 2.85 bits per heavy atom. The third-order valence-corrected chi connectivity index (χ3v) is 6.33. The van der Waals surface area contributed by atoms with Gasteiger partial charge in [0.1, 0.15) is 23.1 Å². The van der Waals surface area contributed by atoms with Gasteiger partial charge in [-0.3, -0.25) is 4.79 Å². The first-order chi connectivity index (χ1) is 16.4. The number of carbonyl (C=O) groups excluding carboxylic acids is 1. The molecule has 10 nitrogen and oxygen atoms in total. The molecule has 4 aromatic heterocycles. The molecule has 0 spiro atoms. The number of pyridine rings is 1. The normalized spacial score (nSPS) is 23.5. The van der Waals surface area contributed by atoms with Gasteiger partial charge in [0, 0.05) is 42.9 Å². The summed E-state index contributed by atoms with van der Waals surface area (Å²) in [7, 11) is 1.71. The third-order valence-electron chi connectivity index (χ3n) is 6.33. The number of hydrogen-bond donors (Lipinski definition) is 3. The van der Waals surface area contributed by atoms with Crippen molar-refractivity contribution in [2.45, 2.75) is 30.5 Å². The molecular formula is C22H21F2N7O3. The summed E-state index contributed by atoms with van der Waals surface area (Å²) in [5.74, 6) is -2.65. The molecular weight excluding hydrogens is 448 g/mol. The zero-order valence-electron chi connectivity index (χ0n) is 18.1. The first kappa shape index (κ1) is 20.9. The van der Waals surface area contributed by atoms with Crippen molar-refractivity contribution >= 4 is 28.4 Å². The molecule has 1 saturated heterocycles. The molecule has 4 aromatic rings. The molecule has 1 aliphatic heterocycles. The molecule has 1 unspecified atom stereocenters. The number of amides is 1. The quantitative estimate of drug-likeness (QED) is 0.408. The van der Waals surface area contributed by atoms with Gasteiger partial charge in [-0.15, -0.1) is 0 Å². The van der Waals surface area contributed by atoms with Crippen LogP contribution in [0.4, 0.5) is 14.6 Å². The monoisotopic (exact) mass is 469 g/mol. The van der Waals surface area contributed by atoms with E-state index in [1.54, 1.807) is 31.6 Å². The second-order valence-corrected chi connectivity index (χ2v) is 8.56. The number of halogens is 2. The fourth-order valence-corrected chi connectivity index (χ4v) is 4.39. The zero-order valence-corrected chi connectivity index (χ0v) is 18.1. The van der Waals surface area contributed by atoms with E-state index in [2.05, 4.69) is 25.7 Å². The average Bonchev–Trinajstić information content (AvgIpc) is 3.22. The number of aromatic nitrogens is 5. The average molecular weight is 469 g/mol. The number of alkyl halides is 2. The molecule has 1 saturated carbocycles. The molecule has 2 aliphatic rings. The molecule has 2 fully saturated rings. The summed E-state index contributed by atoms with van der Waals surface area (Å²) in [5, 5.41) is 20.7. The van der Waals surface area contributed by atoms with Gasteiger partial charge in [0.15, 0.2) is 5.65 Å². The van der Waals surface area contributed by atoms with Gasteiger partial charge in [-0.1, -0.05) is 0 Å². The lowest BCUT2D eigenvalue weighted by molar-refractivity contribution is 0.0887. The van der Waals surface area contributed by atoms with Gasteiger partial charge >= 0.3 is 0 Å². The van der Waals surface area contributed by atoms with Crippen molar-refractivity contribution < 1.29 is 23.4 Å². The van der Waals surface area contributed by atoms with Crippen LogP contribution in [0.3, 0.4) is 0 Å². The number of aliphatic hydroxyl groups excluding tert-OH is 1. The minimum Gasteiger partial charge on any atom is -0.388 e. The third kappa shape index (κ3) is 3.21. The predicted octanol–water partition coefficient (Wildman–Crippen LogP) is 1.86. The summed E-state index contributed by atoms with van der Waals surface area (Å²) in [6.07, 6.45) is 3.59. The highest BCUT2D eigenvalue weighted by Gasteiger charge is 2.58. The number of nitrogens with zero attached hydrogens (tertiary/aromatic N) is 5. The Morgan fingerprint density at radius 1 is 1.32 bits per heavy atom. The maximum absolute atomic E-state index is 13.9. The predicted molar refractivity (Wildman–Crippen MR) is 118 cm³/mol. The summed E-state index contributed by atoms with van der Waals surface area (Å²) < 4.78 is 36.0. The van der Waals surface area contributed by atoms with Crippen molar-refractivity contribution in [3.63, 3.8) is 0 Å². The Morgan fingerprint density at radius 2 is 2.15 bits per heavy atom. The van der Waals surface area contributed by atoms with Gasteiger partial charge in [0.25, 0.3) is 11.8 Å². The molecule has 1 aliphatic carbocycles. The van der Waals surface area contributed by atoms with Crippen LogP contribution in [-0.2, 0) is 4.74 Å². The number of ether oxygens (including phenoxy) is 1. The number of anilines is 1. The second-order valence-electron chi connectivity index (χ2n) is 8.56. The van der Waals surface area contributed by atoms with Gasteiger partial charge < -0.3 is 25.0 Å². The van der Waals surface area contributed by atoms with Gasteiger partial charge in [0.05, 0.1) is 37.3 Å². The van der Waals surface area contributed by atoms with Gasteiger partial charge in [-0.25, -0.2) is 18.7 Å². The summed E-state index contributed by atoms with van der Waals surface area (Å²) >= 11 is 0. The van der Waals surface area contributed by atoms with E-state index in [-0.39, 0.29) is 30.8 Å². The highest BCUT2D eigenvalue weighted by molar-refractivity contribution is 6.01. The van der Waals surface area contributed by atoms with Crippen molar-refractivity contribution in [1.29, 1.82) is 0 Å². The maximum atomic E-state index is 13.9. The van der Waals surface area contributed by atoms with E-state index in [4.69, 9.17) is 4.74 Å². The van der Waals surface area contributed by atoms with E-state index in [9.17, 15) is 18.7 Å². The molecule has 34 heavy (non-hydrogen) atoms. The summed E-state index contributed by atoms with van der Waals surface area (Å²) in [6.45, 7) is 0.370. The molecule has 3 atom stereocenters. The van der Waals surface area contributed by atoms with Crippen molar-refractivity contribution in [3.8, 4) is 11.3 Å². The van der Waals surface area contributed by atoms with E-state index in [0.29, 0.717) is 28.1 Å². The summed E-state index contributed by atoms with van der Waals surface area (Å²) in [4.78, 5) is 22.0. The van der Waals surface area contributed by atoms with E-state index in [0.717, 1.165) is 0 Å². The van der Waals surface area contributed by atoms with E-state index < -0.39 is 30.0 Å². The minimum absolute atomic E-state index is 0.157. The number of fused-ring (bicyclic) bond motifs is 2. The molecule has 0 aromatic carbocycles. The summed E-state index contributed by atoms with van der Waals surface area (Å²) in [6, 6.07) is 3.82. The van der Waals surface area contributed by atoms with Gasteiger partial charge in [0.2, 0.25) is 0 Å². The Kier molecular flexibility index (Phi) is 4.58. The number of nitrogens with one attached hydrogen (secondary N) is 2. The van der Waals surface area contributed by atoms with Crippen LogP contribution >= 0.6 is 0 Å². The lowest BCUT2D eigenvalue weighted by Gasteiger charge is -2.14. The summed E-state index contributed by atoms with van der Waals surface area (Å²) in [5.41, 5.74) is 2.06. The van der Waals surface area contributed by atoms with Gasteiger partial charge in [-0.05, 0) is 12.1 Å². The first-order valence-corrected chi connectivity index (χ1v) is 10.8. The van der Waals surface area contributed by atoms with E-state index in [1.807, 2.05) is 6.07 Å². The Hall–Kier alpha value is -3.64. The number of hydrogen-bond acceptors (Lipinski definition) is 7. The zero-order chi connectivity index (χ0) is 23.6. The second kappa shape index (κ2) is 7.43. The van der Waals surface area contributed by atoms with Crippen LogP contribution in [-0.4, -0.2) is 73.5 Å². The van der Waals surface area contributed by atoms with Crippen LogP contribution in [0.15, 0.2) is 36.8 Å².